The van der Waals surface area contributed by atoms with E-state index in [-0.39, 0.29) is 17.6 Å². The monoisotopic (exact) mass is 352 g/mol. The van der Waals surface area contributed by atoms with Crippen LogP contribution in [-0.4, -0.2) is 23.0 Å². The summed E-state index contributed by atoms with van der Waals surface area (Å²) in [6.07, 6.45) is 8.25. The average Bonchev–Trinajstić information content (AvgIpc) is 2.58. The lowest BCUT2D eigenvalue weighted by atomic mass is 10.0. The third-order valence-electron chi connectivity index (χ3n) is 4.21. The van der Waals surface area contributed by atoms with Gasteiger partial charge >= 0.3 is 6.16 Å². The molecule has 0 saturated heterocycles. The van der Waals surface area contributed by atoms with E-state index in [1.54, 1.807) is 12.1 Å². The molecule has 0 saturated carbocycles. The SMILES string of the molecule is CCCCCCCCC(OCCCC)c1cccc(OC(=O)O)c1O. The van der Waals surface area contributed by atoms with E-state index in [0.29, 0.717) is 12.2 Å². The number of para-hydroxylation sites is 1. The van der Waals surface area contributed by atoms with E-state index in [1.807, 2.05) is 0 Å². The smallest absolute Gasteiger partial charge is 0.504 e. The highest BCUT2D eigenvalue weighted by Gasteiger charge is 2.19. The van der Waals surface area contributed by atoms with Crippen molar-refractivity contribution in [2.45, 2.75) is 77.7 Å². The van der Waals surface area contributed by atoms with E-state index >= 15 is 0 Å². The van der Waals surface area contributed by atoms with Crippen LogP contribution in [0.2, 0.25) is 0 Å². The highest BCUT2D eigenvalue weighted by Crippen LogP contribution is 2.37. The van der Waals surface area contributed by atoms with Crippen LogP contribution in [0.3, 0.4) is 0 Å². The Morgan fingerprint density at radius 3 is 2.40 bits per heavy atom. The Hall–Kier alpha value is -1.75. The fraction of sp³-hybridized carbons (Fsp3) is 0.650. The van der Waals surface area contributed by atoms with Gasteiger partial charge < -0.3 is 19.7 Å². The first-order valence-electron chi connectivity index (χ1n) is 9.44. The first kappa shape index (κ1) is 21.3. The van der Waals surface area contributed by atoms with Crippen LogP contribution in [0.1, 0.15) is 83.3 Å². The maximum atomic E-state index is 10.7. The van der Waals surface area contributed by atoms with E-state index in [2.05, 4.69) is 18.6 Å². The molecule has 0 heterocycles. The highest BCUT2D eigenvalue weighted by molar-refractivity contribution is 5.63. The molecule has 0 aliphatic rings. The van der Waals surface area contributed by atoms with Crippen LogP contribution in [0, 0.1) is 0 Å². The second kappa shape index (κ2) is 12.6. The number of hydrogen-bond donors (Lipinski definition) is 2. The molecular formula is C20H32O5. The number of phenols is 1. The van der Waals surface area contributed by atoms with Crippen molar-refractivity contribution < 1.29 is 24.5 Å². The van der Waals surface area contributed by atoms with Gasteiger partial charge in [-0.3, -0.25) is 0 Å². The Morgan fingerprint density at radius 2 is 1.72 bits per heavy atom. The third kappa shape index (κ3) is 8.25. The van der Waals surface area contributed by atoms with Crippen LogP contribution in [-0.2, 0) is 4.74 Å². The van der Waals surface area contributed by atoms with Gasteiger partial charge in [-0.2, -0.15) is 0 Å². The van der Waals surface area contributed by atoms with Crippen molar-refractivity contribution in [2.24, 2.45) is 0 Å². The maximum absolute atomic E-state index is 10.7. The van der Waals surface area contributed by atoms with Crippen LogP contribution < -0.4 is 4.74 Å². The van der Waals surface area contributed by atoms with Gasteiger partial charge in [-0.25, -0.2) is 4.79 Å². The van der Waals surface area contributed by atoms with Gasteiger partial charge in [0.25, 0.3) is 0 Å². The zero-order chi connectivity index (χ0) is 18.5. The van der Waals surface area contributed by atoms with Crippen molar-refractivity contribution in [3.05, 3.63) is 23.8 Å². The van der Waals surface area contributed by atoms with Crippen molar-refractivity contribution in [1.29, 1.82) is 0 Å². The fourth-order valence-corrected chi connectivity index (χ4v) is 2.78. The molecule has 5 nitrogen and oxygen atoms in total. The molecule has 0 fully saturated rings. The van der Waals surface area contributed by atoms with E-state index in [9.17, 15) is 9.90 Å². The highest BCUT2D eigenvalue weighted by atomic mass is 16.7. The van der Waals surface area contributed by atoms with Crippen molar-refractivity contribution in [3.8, 4) is 11.5 Å². The predicted octanol–water partition coefficient (Wildman–Crippen LogP) is 6.06. The lowest BCUT2D eigenvalue weighted by Crippen LogP contribution is -2.08. The van der Waals surface area contributed by atoms with Crippen LogP contribution in [0.15, 0.2) is 18.2 Å². The number of ether oxygens (including phenoxy) is 2. The Balaban J connectivity index is 2.72. The van der Waals surface area contributed by atoms with Gasteiger partial charge in [0.05, 0.1) is 6.10 Å². The Labute approximate surface area is 151 Å². The van der Waals surface area contributed by atoms with Crippen molar-refractivity contribution in [3.63, 3.8) is 0 Å². The topological polar surface area (TPSA) is 76.0 Å². The molecule has 0 amide bonds. The zero-order valence-corrected chi connectivity index (χ0v) is 15.5. The lowest BCUT2D eigenvalue weighted by molar-refractivity contribution is 0.0410. The molecule has 0 spiro atoms. The number of aromatic hydroxyl groups is 1. The molecule has 2 N–H and O–H groups in total. The molecule has 5 heteroatoms. The second-order valence-corrected chi connectivity index (χ2v) is 6.33. The van der Waals surface area contributed by atoms with Crippen LogP contribution in [0.4, 0.5) is 4.79 Å². The van der Waals surface area contributed by atoms with Gasteiger partial charge in [0.2, 0.25) is 0 Å². The maximum Gasteiger partial charge on any atom is 0.511 e. The fourth-order valence-electron chi connectivity index (χ4n) is 2.78. The first-order chi connectivity index (χ1) is 12.1. The van der Waals surface area contributed by atoms with Gasteiger partial charge in [-0.15, -0.1) is 0 Å². The number of hydrogen-bond acceptors (Lipinski definition) is 4. The first-order valence-corrected chi connectivity index (χ1v) is 9.44. The van der Waals surface area contributed by atoms with Gasteiger partial charge in [0.15, 0.2) is 11.5 Å². The summed E-state index contributed by atoms with van der Waals surface area (Å²) in [6, 6.07) is 4.91. The van der Waals surface area contributed by atoms with Gasteiger partial charge in [-0.1, -0.05) is 70.9 Å². The quantitative estimate of drug-likeness (QED) is 0.256. The summed E-state index contributed by atoms with van der Waals surface area (Å²) >= 11 is 0. The molecule has 1 atom stereocenters. The molecule has 1 aromatic carbocycles. The molecule has 1 aromatic rings. The third-order valence-corrected chi connectivity index (χ3v) is 4.21. The summed E-state index contributed by atoms with van der Waals surface area (Å²) in [5.74, 6) is -0.186. The molecule has 0 aromatic heterocycles. The lowest BCUT2D eigenvalue weighted by Gasteiger charge is -2.20. The molecule has 0 aliphatic carbocycles. The van der Waals surface area contributed by atoms with E-state index in [1.165, 1.54) is 31.7 Å². The summed E-state index contributed by atoms with van der Waals surface area (Å²) in [4.78, 5) is 10.7. The van der Waals surface area contributed by atoms with E-state index in [0.717, 1.165) is 32.1 Å². The molecule has 142 valence electrons. The normalized spacial score (nSPS) is 12.1. The number of phenolic OH excluding ortho intramolecular Hbond substituents is 1. The molecular weight excluding hydrogens is 320 g/mol. The molecule has 0 bridgehead atoms. The number of unbranched alkanes of at least 4 members (excludes halogenated alkanes) is 6. The van der Waals surface area contributed by atoms with Crippen molar-refractivity contribution >= 4 is 6.16 Å². The predicted molar refractivity (Wildman–Crippen MR) is 98.4 cm³/mol. The van der Waals surface area contributed by atoms with Crippen LogP contribution in [0.25, 0.3) is 0 Å². The Bertz CT molecular complexity index is 501. The zero-order valence-electron chi connectivity index (χ0n) is 15.5. The van der Waals surface area contributed by atoms with Crippen molar-refractivity contribution in [1.82, 2.24) is 0 Å². The molecule has 0 radical (unpaired) electrons. The summed E-state index contributed by atoms with van der Waals surface area (Å²) in [7, 11) is 0. The van der Waals surface area contributed by atoms with Gasteiger partial charge in [0, 0.05) is 12.2 Å². The number of rotatable bonds is 13. The molecule has 1 unspecified atom stereocenters. The number of benzene rings is 1. The Kier molecular flexibility index (Phi) is 10.7. The van der Waals surface area contributed by atoms with Crippen LogP contribution >= 0.6 is 0 Å². The van der Waals surface area contributed by atoms with E-state index < -0.39 is 6.16 Å². The molecule has 0 aliphatic heterocycles. The standard InChI is InChI=1S/C20H32O5/c1-3-5-7-8-9-10-13-17(24-15-6-4-2)16-12-11-14-18(19(16)21)25-20(22)23/h11-12,14,17,21H,3-10,13,15H2,1-2H3,(H,22,23). The van der Waals surface area contributed by atoms with Gasteiger partial charge in [0.1, 0.15) is 0 Å². The van der Waals surface area contributed by atoms with E-state index in [4.69, 9.17) is 9.84 Å². The second-order valence-electron chi connectivity index (χ2n) is 6.33. The largest absolute Gasteiger partial charge is 0.511 e. The summed E-state index contributed by atoms with van der Waals surface area (Å²) in [5.41, 5.74) is 0.600. The minimum Gasteiger partial charge on any atom is -0.504 e. The Morgan fingerprint density at radius 1 is 1.04 bits per heavy atom. The summed E-state index contributed by atoms with van der Waals surface area (Å²) < 4.78 is 10.6. The summed E-state index contributed by atoms with van der Waals surface area (Å²) in [6.45, 7) is 4.93. The van der Waals surface area contributed by atoms with Crippen LogP contribution in [0.5, 0.6) is 11.5 Å². The van der Waals surface area contributed by atoms with Gasteiger partial charge in [-0.05, 0) is 18.9 Å². The van der Waals surface area contributed by atoms with Crippen molar-refractivity contribution in [2.75, 3.05) is 6.61 Å². The average molecular weight is 352 g/mol. The minimum atomic E-state index is -1.44. The summed E-state index contributed by atoms with van der Waals surface area (Å²) in [5, 5.41) is 19.1. The number of carbonyl (C=O) groups is 1. The molecule has 1 rings (SSSR count). The minimum absolute atomic E-state index is 0.0444. The molecule has 25 heavy (non-hydrogen) atoms. The number of carboxylic acid groups (broad SMARTS) is 1.